The van der Waals surface area contributed by atoms with Gasteiger partial charge in [0, 0.05) is 6.54 Å². The first-order chi connectivity index (χ1) is 7.70. The molecule has 0 unspecified atom stereocenters. The third-order valence-corrected chi connectivity index (χ3v) is 2.64. The van der Waals surface area contributed by atoms with E-state index in [2.05, 4.69) is 0 Å². The molecule has 0 saturated heterocycles. The molecule has 88 valence electrons. The molecule has 5 N–H and O–H groups in total. The number of nitrogen functional groups attached to an aromatic ring is 2. The van der Waals surface area contributed by atoms with Gasteiger partial charge < -0.3 is 26.0 Å². The number of hydrogen-bond acceptors (Lipinski definition) is 5. The van der Waals surface area contributed by atoms with E-state index in [1.54, 1.807) is 17.0 Å². The summed E-state index contributed by atoms with van der Waals surface area (Å²) in [6.07, 6.45) is 1.57. The van der Waals surface area contributed by atoms with Crippen LogP contribution in [0, 0.1) is 0 Å². The van der Waals surface area contributed by atoms with Gasteiger partial charge in [0.05, 0.1) is 30.5 Å². The van der Waals surface area contributed by atoms with Gasteiger partial charge in [-0.25, -0.2) is 4.68 Å². The fourth-order valence-corrected chi connectivity index (χ4v) is 1.83. The summed E-state index contributed by atoms with van der Waals surface area (Å²) in [5.74, 6) is 0.449. The molecule has 0 amide bonds. The van der Waals surface area contributed by atoms with Crippen molar-refractivity contribution >= 4 is 22.6 Å². The Bertz CT molecular complexity index is 488. The summed E-state index contributed by atoms with van der Waals surface area (Å²) in [6, 6.07) is 1.78. The number of rotatable bonds is 4. The summed E-state index contributed by atoms with van der Waals surface area (Å²) in [6.45, 7) is 3.20. The molecule has 0 spiro atoms. The second kappa shape index (κ2) is 3.97. The highest BCUT2D eigenvalue weighted by Gasteiger charge is 2.18. The number of aromatic nitrogens is 1. The van der Waals surface area contributed by atoms with Crippen LogP contribution in [-0.2, 0) is 0 Å². The Balaban J connectivity index is 2.56. The maximum absolute atomic E-state index is 8.99. The number of aliphatic hydroxyl groups excluding tert-OH is 1. The Morgan fingerprint density at radius 2 is 2.25 bits per heavy atom. The molecule has 0 aliphatic rings. The maximum atomic E-state index is 8.99. The average Bonchev–Trinajstić information content (AvgIpc) is 2.82. The third kappa shape index (κ3) is 1.38. The Hall–Kier alpha value is -1.82. The smallest absolute Gasteiger partial charge is 0.229 e. The lowest BCUT2D eigenvalue weighted by Gasteiger charge is -2.24. The Morgan fingerprint density at radius 1 is 1.50 bits per heavy atom. The first-order valence-electron chi connectivity index (χ1n) is 5.19. The monoisotopic (exact) mass is 224 g/mol. The molecular weight excluding hydrogens is 208 g/mol. The van der Waals surface area contributed by atoms with Crippen molar-refractivity contribution in [3.8, 4) is 0 Å². The summed E-state index contributed by atoms with van der Waals surface area (Å²) >= 11 is 0. The summed E-state index contributed by atoms with van der Waals surface area (Å²) in [4.78, 5) is 0. The Morgan fingerprint density at radius 3 is 2.88 bits per heavy atom. The van der Waals surface area contributed by atoms with Crippen molar-refractivity contribution in [2.75, 3.05) is 36.2 Å². The number of fused-ring (bicyclic) bond motifs is 1. The highest BCUT2D eigenvalue weighted by atomic mass is 16.3. The van der Waals surface area contributed by atoms with Gasteiger partial charge in [-0.05, 0) is 13.0 Å². The molecule has 2 rings (SSSR count). The molecule has 2 aromatic heterocycles. The van der Waals surface area contributed by atoms with Gasteiger partial charge in [0.2, 0.25) is 5.71 Å². The predicted molar refractivity (Wildman–Crippen MR) is 63.7 cm³/mol. The van der Waals surface area contributed by atoms with Crippen LogP contribution in [0.1, 0.15) is 6.92 Å². The first-order valence-corrected chi connectivity index (χ1v) is 5.19. The highest BCUT2D eigenvalue weighted by molar-refractivity contribution is 5.96. The molecule has 0 saturated carbocycles. The lowest BCUT2D eigenvalue weighted by atomic mass is 10.3. The number of anilines is 2. The maximum Gasteiger partial charge on any atom is 0.229 e. The van der Waals surface area contributed by atoms with Gasteiger partial charge in [0.25, 0.3) is 0 Å². The van der Waals surface area contributed by atoms with Crippen LogP contribution in [-0.4, -0.2) is 29.5 Å². The summed E-state index contributed by atoms with van der Waals surface area (Å²) in [5.41, 5.74) is 12.9. The Labute approximate surface area is 93.0 Å². The topological polar surface area (TPSA) is 93.6 Å². The van der Waals surface area contributed by atoms with Crippen molar-refractivity contribution in [1.82, 2.24) is 4.68 Å². The van der Waals surface area contributed by atoms with Gasteiger partial charge in [-0.2, -0.15) is 0 Å². The number of nitrogens with zero attached hydrogens (tertiary/aromatic N) is 2. The standard InChI is InChI=1S/C10H16N4O2/c1-2-13(4-5-15)14-9(12)8(11)7-3-6-16-10(7)14/h3,6,15H,2,4-5,11-12H2,1H3. The number of furan rings is 1. The normalized spacial score (nSPS) is 11.1. The van der Waals surface area contributed by atoms with E-state index in [0.717, 1.165) is 5.39 Å². The number of aliphatic hydroxyl groups is 1. The van der Waals surface area contributed by atoms with Crippen LogP contribution in [0.5, 0.6) is 0 Å². The van der Waals surface area contributed by atoms with Gasteiger partial charge in [0.15, 0.2) is 5.82 Å². The van der Waals surface area contributed by atoms with Crippen molar-refractivity contribution in [2.24, 2.45) is 0 Å². The van der Waals surface area contributed by atoms with Gasteiger partial charge >= 0.3 is 0 Å². The van der Waals surface area contributed by atoms with E-state index in [1.165, 1.54) is 0 Å². The van der Waals surface area contributed by atoms with E-state index in [4.69, 9.17) is 21.0 Å². The lowest BCUT2D eigenvalue weighted by Crippen LogP contribution is -2.37. The van der Waals surface area contributed by atoms with Crippen LogP contribution >= 0.6 is 0 Å². The Kier molecular flexibility index (Phi) is 2.66. The van der Waals surface area contributed by atoms with Crippen molar-refractivity contribution in [3.05, 3.63) is 12.3 Å². The fraction of sp³-hybridized carbons (Fsp3) is 0.400. The molecule has 6 nitrogen and oxygen atoms in total. The molecule has 16 heavy (non-hydrogen) atoms. The second-order valence-electron chi connectivity index (χ2n) is 3.52. The first kappa shape index (κ1) is 10.7. The van der Waals surface area contributed by atoms with E-state index in [0.29, 0.717) is 30.3 Å². The zero-order chi connectivity index (χ0) is 11.7. The van der Waals surface area contributed by atoms with E-state index >= 15 is 0 Å². The molecule has 0 aliphatic carbocycles. The molecule has 0 aromatic carbocycles. The van der Waals surface area contributed by atoms with Gasteiger partial charge in [0.1, 0.15) is 0 Å². The van der Waals surface area contributed by atoms with E-state index in [1.807, 2.05) is 11.9 Å². The van der Waals surface area contributed by atoms with Crippen molar-refractivity contribution in [3.63, 3.8) is 0 Å². The molecule has 6 heteroatoms. The lowest BCUT2D eigenvalue weighted by molar-refractivity contribution is 0.292. The van der Waals surface area contributed by atoms with Crippen molar-refractivity contribution in [1.29, 1.82) is 0 Å². The molecule has 2 heterocycles. The van der Waals surface area contributed by atoms with Crippen LogP contribution in [0.4, 0.5) is 11.5 Å². The molecule has 0 atom stereocenters. The van der Waals surface area contributed by atoms with Crippen molar-refractivity contribution < 1.29 is 9.52 Å². The second-order valence-corrected chi connectivity index (χ2v) is 3.52. The summed E-state index contributed by atoms with van der Waals surface area (Å²) < 4.78 is 7.07. The zero-order valence-electron chi connectivity index (χ0n) is 9.18. The minimum Gasteiger partial charge on any atom is -0.446 e. The van der Waals surface area contributed by atoms with Crippen LogP contribution in [0.15, 0.2) is 16.7 Å². The number of nitrogens with two attached hydrogens (primary N) is 2. The molecule has 0 bridgehead atoms. The largest absolute Gasteiger partial charge is 0.446 e. The quantitative estimate of drug-likeness (QED) is 0.696. The van der Waals surface area contributed by atoms with E-state index in [-0.39, 0.29) is 6.61 Å². The van der Waals surface area contributed by atoms with E-state index < -0.39 is 0 Å². The molecule has 0 aliphatic heterocycles. The molecule has 0 fully saturated rings. The van der Waals surface area contributed by atoms with Gasteiger partial charge in [-0.15, -0.1) is 0 Å². The molecule has 0 radical (unpaired) electrons. The van der Waals surface area contributed by atoms with Crippen LogP contribution in [0.25, 0.3) is 11.1 Å². The zero-order valence-corrected chi connectivity index (χ0v) is 9.18. The SMILES string of the molecule is CCN(CCO)n1c(N)c(N)c2ccoc21. The number of likely N-dealkylation sites (N-methyl/N-ethyl adjacent to an activating group) is 1. The minimum atomic E-state index is 0.0492. The van der Waals surface area contributed by atoms with Crippen LogP contribution < -0.4 is 16.5 Å². The van der Waals surface area contributed by atoms with Crippen LogP contribution in [0.2, 0.25) is 0 Å². The van der Waals surface area contributed by atoms with E-state index in [9.17, 15) is 0 Å². The third-order valence-electron chi connectivity index (χ3n) is 2.64. The molecule has 2 aromatic rings. The predicted octanol–water partition coefficient (Wildman–Crippen LogP) is 0.349. The van der Waals surface area contributed by atoms with Gasteiger partial charge in [-0.1, -0.05) is 0 Å². The number of hydrogen-bond donors (Lipinski definition) is 3. The summed E-state index contributed by atoms with van der Waals surface area (Å²) in [5, 5.41) is 11.7. The minimum absolute atomic E-state index is 0.0492. The van der Waals surface area contributed by atoms with Crippen molar-refractivity contribution in [2.45, 2.75) is 6.92 Å². The highest BCUT2D eigenvalue weighted by Crippen LogP contribution is 2.31. The average molecular weight is 224 g/mol. The van der Waals surface area contributed by atoms with Gasteiger partial charge in [-0.3, -0.25) is 0 Å². The molecular formula is C10H16N4O2. The van der Waals surface area contributed by atoms with Crippen LogP contribution in [0.3, 0.4) is 0 Å². The summed E-state index contributed by atoms with van der Waals surface area (Å²) in [7, 11) is 0. The fourth-order valence-electron chi connectivity index (χ4n) is 1.83.